The van der Waals surface area contributed by atoms with E-state index in [4.69, 9.17) is 10.2 Å². The monoisotopic (exact) mass is 304 g/mol. The number of thiophene rings is 1. The van der Waals surface area contributed by atoms with Gasteiger partial charge in [-0.3, -0.25) is 9.59 Å². The molecule has 1 aliphatic carbocycles. The van der Waals surface area contributed by atoms with Gasteiger partial charge in [0.25, 0.3) is 11.8 Å². The van der Waals surface area contributed by atoms with Crippen LogP contribution in [0, 0.1) is 5.92 Å². The number of primary amides is 1. The second-order valence-electron chi connectivity index (χ2n) is 5.35. The Balaban J connectivity index is 1.95. The van der Waals surface area contributed by atoms with Gasteiger partial charge in [-0.15, -0.1) is 11.3 Å². The molecule has 0 spiro atoms. The zero-order valence-corrected chi connectivity index (χ0v) is 12.5. The lowest BCUT2D eigenvalue weighted by molar-refractivity contribution is 0.0997. The van der Waals surface area contributed by atoms with Gasteiger partial charge in [-0.25, -0.2) is 0 Å². The summed E-state index contributed by atoms with van der Waals surface area (Å²) in [5, 5.41) is 3.28. The number of hydrogen-bond acceptors (Lipinski definition) is 4. The van der Waals surface area contributed by atoms with Crippen molar-refractivity contribution in [2.45, 2.75) is 26.2 Å². The Morgan fingerprint density at radius 1 is 1.48 bits per heavy atom. The molecule has 0 radical (unpaired) electrons. The number of furan rings is 1. The summed E-state index contributed by atoms with van der Waals surface area (Å²) >= 11 is 1.44. The summed E-state index contributed by atoms with van der Waals surface area (Å²) < 4.78 is 5.06. The number of fused-ring (bicyclic) bond motifs is 1. The van der Waals surface area contributed by atoms with E-state index in [0.29, 0.717) is 16.5 Å². The van der Waals surface area contributed by atoms with Crippen LogP contribution in [0.4, 0.5) is 5.00 Å². The smallest absolute Gasteiger partial charge is 0.291 e. The fourth-order valence-electron chi connectivity index (χ4n) is 2.68. The highest BCUT2D eigenvalue weighted by Crippen LogP contribution is 2.39. The number of carbonyl (C=O) groups is 2. The van der Waals surface area contributed by atoms with Crippen molar-refractivity contribution < 1.29 is 14.0 Å². The van der Waals surface area contributed by atoms with E-state index in [1.54, 1.807) is 12.1 Å². The number of hydrogen-bond donors (Lipinski definition) is 2. The molecule has 0 aliphatic heterocycles. The molecule has 6 heteroatoms. The molecule has 0 unspecified atom stereocenters. The minimum Gasteiger partial charge on any atom is -0.459 e. The van der Waals surface area contributed by atoms with E-state index in [1.165, 1.54) is 17.6 Å². The van der Waals surface area contributed by atoms with E-state index in [0.717, 1.165) is 29.7 Å². The quantitative estimate of drug-likeness (QED) is 0.914. The highest BCUT2D eigenvalue weighted by molar-refractivity contribution is 7.17. The maximum absolute atomic E-state index is 12.1. The van der Waals surface area contributed by atoms with Crippen molar-refractivity contribution in [2.75, 3.05) is 5.32 Å². The number of aryl methyl sites for hydroxylation is 1. The number of nitrogens with one attached hydrogen (secondary N) is 1. The fraction of sp³-hybridized carbons (Fsp3) is 0.333. The Labute approximate surface area is 126 Å². The zero-order valence-electron chi connectivity index (χ0n) is 11.6. The number of amides is 2. The van der Waals surface area contributed by atoms with Gasteiger partial charge < -0.3 is 15.5 Å². The summed E-state index contributed by atoms with van der Waals surface area (Å²) in [6.07, 6.45) is 4.29. The topological polar surface area (TPSA) is 85.3 Å². The highest BCUT2D eigenvalue weighted by Gasteiger charge is 2.27. The average Bonchev–Trinajstić information content (AvgIpc) is 3.04. The Morgan fingerprint density at radius 3 is 2.95 bits per heavy atom. The van der Waals surface area contributed by atoms with Gasteiger partial charge in [-0.05, 0) is 42.9 Å². The number of carbonyl (C=O) groups excluding carboxylic acids is 2. The average molecular weight is 304 g/mol. The van der Waals surface area contributed by atoms with Crippen molar-refractivity contribution in [1.29, 1.82) is 0 Å². The van der Waals surface area contributed by atoms with Crippen LogP contribution in [0.2, 0.25) is 0 Å². The molecule has 2 aromatic rings. The first-order chi connectivity index (χ1) is 10.1. The van der Waals surface area contributed by atoms with Crippen LogP contribution < -0.4 is 11.1 Å². The van der Waals surface area contributed by atoms with Crippen LogP contribution in [0.15, 0.2) is 22.8 Å². The fourth-order valence-corrected chi connectivity index (χ4v) is 3.92. The molecule has 1 atom stereocenters. The molecular formula is C15H16N2O3S. The molecule has 5 nitrogen and oxygen atoms in total. The van der Waals surface area contributed by atoms with Crippen molar-refractivity contribution in [2.24, 2.45) is 11.7 Å². The van der Waals surface area contributed by atoms with Gasteiger partial charge >= 0.3 is 0 Å². The summed E-state index contributed by atoms with van der Waals surface area (Å²) in [6.45, 7) is 2.16. The third kappa shape index (κ3) is 2.58. The maximum atomic E-state index is 12.1. The molecule has 0 fully saturated rings. The van der Waals surface area contributed by atoms with Crippen LogP contribution in [0.5, 0.6) is 0 Å². The van der Waals surface area contributed by atoms with Crippen molar-refractivity contribution in [3.8, 4) is 0 Å². The maximum Gasteiger partial charge on any atom is 0.291 e. The summed E-state index contributed by atoms with van der Waals surface area (Å²) in [7, 11) is 0. The molecule has 2 amide bonds. The lowest BCUT2D eigenvalue weighted by atomic mass is 9.87. The van der Waals surface area contributed by atoms with Crippen molar-refractivity contribution in [3.05, 3.63) is 40.2 Å². The molecule has 1 aliphatic rings. The second kappa shape index (κ2) is 5.37. The van der Waals surface area contributed by atoms with Gasteiger partial charge in [0, 0.05) is 4.88 Å². The SMILES string of the molecule is C[C@@H]1CCc2sc(NC(=O)c3ccco3)c(C(N)=O)c2C1. The zero-order chi connectivity index (χ0) is 15.0. The minimum atomic E-state index is -0.489. The molecule has 3 rings (SSSR count). The number of anilines is 1. The van der Waals surface area contributed by atoms with E-state index in [2.05, 4.69) is 12.2 Å². The van der Waals surface area contributed by atoms with E-state index in [-0.39, 0.29) is 11.7 Å². The molecule has 0 bridgehead atoms. The minimum absolute atomic E-state index is 0.213. The third-order valence-corrected chi connectivity index (χ3v) is 4.93. The van der Waals surface area contributed by atoms with Gasteiger partial charge in [0.2, 0.25) is 0 Å². The Bertz CT molecular complexity index is 688. The Hall–Kier alpha value is -2.08. The first-order valence-electron chi connectivity index (χ1n) is 6.85. The Morgan fingerprint density at radius 2 is 2.29 bits per heavy atom. The van der Waals surface area contributed by atoms with Gasteiger partial charge in [0.05, 0.1) is 11.8 Å². The van der Waals surface area contributed by atoms with Crippen LogP contribution in [-0.2, 0) is 12.8 Å². The molecule has 0 aromatic carbocycles. The lowest BCUT2D eigenvalue weighted by Gasteiger charge is -2.18. The first-order valence-corrected chi connectivity index (χ1v) is 7.67. The van der Waals surface area contributed by atoms with E-state index < -0.39 is 5.91 Å². The van der Waals surface area contributed by atoms with Gasteiger partial charge in [-0.2, -0.15) is 0 Å². The summed E-state index contributed by atoms with van der Waals surface area (Å²) in [4.78, 5) is 25.0. The largest absolute Gasteiger partial charge is 0.459 e. The Kier molecular flexibility index (Phi) is 3.55. The first kappa shape index (κ1) is 13.9. The van der Waals surface area contributed by atoms with E-state index >= 15 is 0 Å². The standard InChI is InChI=1S/C15H16N2O3S/c1-8-4-5-11-9(7-8)12(13(16)18)15(21-11)17-14(19)10-3-2-6-20-10/h2-3,6,8H,4-5,7H2,1H3,(H2,16,18)(H,17,19)/t8-/m1/s1. The molecular weight excluding hydrogens is 288 g/mol. The van der Waals surface area contributed by atoms with Crippen LogP contribution >= 0.6 is 11.3 Å². The highest BCUT2D eigenvalue weighted by atomic mass is 32.1. The van der Waals surface area contributed by atoms with E-state index in [9.17, 15) is 9.59 Å². The lowest BCUT2D eigenvalue weighted by Crippen LogP contribution is -2.19. The molecule has 3 N–H and O–H groups in total. The molecule has 21 heavy (non-hydrogen) atoms. The molecule has 0 saturated carbocycles. The van der Waals surface area contributed by atoms with Crippen LogP contribution in [-0.4, -0.2) is 11.8 Å². The summed E-state index contributed by atoms with van der Waals surface area (Å²) in [6, 6.07) is 3.22. The van der Waals surface area contributed by atoms with E-state index in [1.807, 2.05) is 0 Å². The summed E-state index contributed by atoms with van der Waals surface area (Å²) in [5.74, 6) is -0.116. The van der Waals surface area contributed by atoms with Gasteiger partial charge in [0.1, 0.15) is 5.00 Å². The summed E-state index contributed by atoms with van der Waals surface area (Å²) in [5.41, 5.74) is 6.98. The van der Waals surface area contributed by atoms with Crippen molar-refractivity contribution in [3.63, 3.8) is 0 Å². The van der Waals surface area contributed by atoms with Crippen LogP contribution in [0.25, 0.3) is 0 Å². The molecule has 0 saturated heterocycles. The molecule has 110 valence electrons. The van der Waals surface area contributed by atoms with Gasteiger partial charge in [-0.1, -0.05) is 6.92 Å². The van der Waals surface area contributed by atoms with Crippen LogP contribution in [0.1, 0.15) is 44.7 Å². The van der Waals surface area contributed by atoms with Crippen LogP contribution in [0.3, 0.4) is 0 Å². The van der Waals surface area contributed by atoms with Crippen molar-refractivity contribution >= 4 is 28.2 Å². The third-order valence-electron chi connectivity index (χ3n) is 3.73. The predicted octanol–water partition coefficient (Wildman–Crippen LogP) is 2.82. The molecule has 2 heterocycles. The van der Waals surface area contributed by atoms with Gasteiger partial charge in [0.15, 0.2) is 5.76 Å². The normalized spacial score (nSPS) is 17.3. The van der Waals surface area contributed by atoms with Crippen molar-refractivity contribution in [1.82, 2.24) is 0 Å². The number of nitrogens with two attached hydrogens (primary N) is 1. The second-order valence-corrected chi connectivity index (χ2v) is 6.46. The predicted molar refractivity (Wildman–Crippen MR) is 80.7 cm³/mol. The number of rotatable bonds is 3. The molecule has 2 aromatic heterocycles.